The summed E-state index contributed by atoms with van der Waals surface area (Å²) in [5.74, 6) is 2.09. The molecule has 0 aliphatic rings. The summed E-state index contributed by atoms with van der Waals surface area (Å²) in [4.78, 5) is 27.9. The quantitative estimate of drug-likeness (QED) is 0.637. The highest BCUT2D eigenvalue weighted by atomic mass is 32.1. The van der Waals surface area contributed by atoms with Gasteiger partial charge in [0.15, 0.2) is 5.01 Å². The summed E-state index contributed by atoms with van der Waals surface area (Å²) in [5, 5.41) is 7.64. The van der Waals surface area contributed by atoms with Crippen molar-refractivity contribution >= 4 is 23.2 Å². The first-order valence-electron chi connectivity index (χ1n) is 8.72. The lowest BCUT2D eigenvalue weighted by Crippen LogP contribution is -2.25. The monoisotopic (exact) mass is 389 g/mol. The van der Waals surface area contributed by atoms with Gasteiger partial charge in [-0.2, -0.15) is 0 Å². The molecule has 140 valence electrons. The highest BCUT2D eigenvalue weighted by molar-refractivity contribution is 7.10. The molecule has 0 atom stereocenters. The van der Waals surface area contributed by atoms with E-state index in [2.05, 4.69) is 21.5 Å². The number of carbonyl (C=O) groups excluding carboxylic acids is 2. The summed E-state index contributed by atoms with van der Waals surface area (Å²) in [6.07, 6.45) is 5.97. The number of hydrogen-bond acceptors (Lipinski definition) is 4. The Kier molecular flexibility index (Phi) is 6.20. The van der Waals surface area contributed by atoms with E-state index in [1.54, 1.807) is 18.5 Å². The van der Waals surface area contributed by atoms with Crippen LogP contribution in [0.1, 0.15) is 31.4 Å². The van der Waals surface area contributed by atoms with Crippen molar-refractivity contribution in [3.8, 4) is 23.5 Å². The molecular weight excluding hydrogens is 370 g/mol. The van der Waals surface area contributed by atoms with Gasteiger partial charge < -0.3 is 10.6 Å². The van der Waals surface area contributed by atoms with Gasteiger partial charge in [0.05, 0.1) is 0 Å². The van der Waals surface area contributed by atoms with Crippen molar-refractivity contribution in [1.82, 2.24) is 15.6 Å². The number of benzene rings is 2. The highest BCUT2D eigenvalue weighted by Crippen LogP contribution is 2.21. The smallest absolute Gasteiger partial charge is 0.270 e. The summed E-state index contributed by atoms with van der Waals surface area (Å²) < 4.78 is 0. The van der Waals surface area contributed by atoms with Gasteiger partial charge in [-0.3, -0.25) is 9.59 Å². The van der Waals surface area contributed by atoms with Crippen molar-refractivity contribution in [3.05, 3.63) is 75.7 Å². The molecule has 6 heteroatoms. The van der Waals surface area contributed by atoms with Gasteiger partial charge in [0.1, 0.15) is 5.69 Å². The normalized spacial score (nSPS) is 10.1. The summed E-state index contributed by atoms with van der Waals surface area (Å²) in [6.45, 7) is 0.507. The zero-order chi connectivity index (χ0) is 19.9. The Morgan fingerprint density at radius 1 is 1.11 bits per heavy atom. The van der Waals surface area contributed by atoms with Gasteiger partial charge in [0.25, 0.3) is 11.8 Å². The fraction of sp³-hybridized carbons (Fsp3) is 0.136. The lowest BCUT2D eigenvalue weighted by atomic mass is 10.0. The minimum absolute atomic E-state index is 0.108. The van der Waals surface area contributed by atoms with Crippen LogP contribution in [0.15, 0.2) is 53.9 Å². The van der Waals surface area contributed by atoms with E-state index in [0.29, 0.717) is 29.2 Å². The van der Waals surface area contributed by atoms with Gasteiger partial charge >= 0.3 is 0 Å². The van der Waals surface area contributed by atoms with Crippen molar-refractivity contribution in [3.63, 3.8) is 0 Å². The van der Waals surface area contributed by atoms with Crippen molar-refractivity contribution in [2.75, 3.05) is 13.6 Å². The fourth-order valence-electron chi connectivity index (χ4n) is 2.70. The fourth-order valence-corrected chi connectivity index (χ4v) is 3.31. The topological polar surface area (TPSA) is 71.1 Å². The predicted octanol–water partition coefficient (Wildman–Crippen LogP) is 3.12. The molecule has 28 heavy (non-hydrogen) atoms. The second-order valence-corrected chi connectivity index (χ2v) is 6.90. The first-order valence-corrected chi connectivity index (χ1v) is 9.60. The molecule has 0 unspecified atom stereocenters. The minimum Gasteiger partial charge on any atom is -0.355 e. The van der Waals surface area contributed by atoms with E-state index in [4.69, 9.17) is 6.42 Å². The number of carbonyl (C=O) groups is 2. The Bertz CT molecular complexity index is 1030. The van der Waals surface area contributed by atoms with Crippen LogP contribution in [0.3, 0.4) is 0 Å². The molecule has 0 saturated heterocycles. The van der Waals surface area contributed by atoms with E-state index >= 15 is 0 Å². The number of amides is 2. The summed E-state index contributed by atoms with van der Waals surface area (Å²) in [5.41, 5.74) is 4.09. The second kappa shape index (κ2) is 8.98. The predicted molar refractivity (Wildman–Crippen MR) is 111 cm³/mol. The minimum atomic E-state index is -0.222. The molecule has 0 aliphatic heterocycles. The van der Waals surface area contributed by atoms with Crippen LogP contribution in [0.4, 0.5) is 0 Å². The maximum atomic E-state index is 12.0. The van der Waals surface area contributed by atoms with E-state index in [1.807, 2.05) is 42.5 Å². The number of terminal acetylenes is 1. The molecule has 2 aromatic carbocycles. The molecular formula is C22H19N3O2S. The molecule has 2 amide bonds. The largest absolute Gasteiger partial charge is 0.355 e. The molecule has 0 bridgehead atoms. The van der Waals surface area contributed by atoms with Crippen LogP contribution in [0.25, 0.3) is 11.1 Å². The number of hydrogen-bond donors (Lipinski definition) is 2. The van der Waals surface area contributed by atoms with Crippen LogP contribution >= 0.6 is 11.3 Å². The van der Waals surface area contributed by atoms with Crippen LogP contribution < -0.4 is 10.6 Å². The standard InChI is InChI=1S/C22H19N3O2S/c1-3-20-25-19(14-28-20)22(27)24-12-11-15-7-9-16(10-8-15)17-5-4-6-18(13-17)21(26)23-2/h1,4-10,13-14H,11-12H2,2H3,(H,23,26)(H,24,27). The van der Waals surface area contributed by atoms with E-state index < -0.39 is 0 Å². The molecule has 0 radical (unpaired) electrons. The number of aromatic nitrogens is 1. The molecule has 0 fully saturated rings. The molecule has 2 N–H and O–H groups in total. The number of rotatable bonds is 6. The Morgan fingerprint density at radius 2 is 1.89 bits per heavy atom. The molecule has 1 heterocycles. The van der Waals surface area contributed by atoms with Gasteiger partial charge in [-0.25, -0.2) is 4.98 Å². The number of nitrogens with zero attached hydrogens (tertiary/aromatic N) is 1. The molecule has 3 rings (SSSR count). The van der Waals surface area contributed by atoms with Crippen molar-refractivity contribution < 1.29 is 9.59 Å². The second-order valence-electron chi connectivity index (χ2n) is 6.04. The zero-order valence-electron chi connectivity index (χ0n) is 15.4. The van der Waals surface area contributed by atoms with Crippen LogP contribution in [0.5, 0.6) is 0 Å². The van der Waals surface area contributed by atoms with E-state index in [9.17, 15) is 9.59 Å². The molecule has 5 nitrogen and oxygen atoms in total. The third kappa shape index (κ3) is 4.64. The average Bonchev–Trinajstić information content (AvgIpc) is 3.23. The van der Waals surface area contributed by atoms with E-state index in [0.717, 1.165) is 16.7 Å². The lowest BCUT2D eigenvalue weighted by molar-refractivity contribution is 0.0946. The summed E-state index contributed by atoms with van der Waals surface area (Å²) in [7, 11) is 1.62. The van der Waals surface area contributed by atoms with Crippen LogP contribution in [0, 0.1) is 12.3 Å². The SMILES string of the molecule is C#Cc1nc(C(=O)NCCc2ccc(-c3cccc(C(=O)NC)c3)cc2)cs1. The van der Waals surface area contributed by atoms with Crippen molar-refractivity contribution in [2.24, 2.45) is 0 Å². The van der Waals surface area contributed by atoms with Gasteiger partial charge in [-0.15, -0.1) is 17.8 Å². The molecule has 3 aromatic rings. The van der Waals surface area contributed by atoms with Crippen LogP contribution in [-0.2, 0) is 6.42 Å². The third-order valence-corrected chi connectivity index (χ3v) is 4.97. The Hall–Kier alpha value is -3.43. The van der Waals surface area contributed by atoms with Crippen molar-refractivity contribution in [2.45, 2.75) is 6.42 Å². The Morgan fingerprint density at radius 3 is 2.57 bits per heavy atom. The van der Waals surface area contributed by atoms with Crippen molar-refractivity contribution in [1.29, 1.82) is 0 Å². The van der Waals surface area contributed by atoms with Crippen LogP contribution in [0.2, 0.25) is 0 Å². The number of thiazole rings is 1. The lowest BCUT2D eigenvalue weighted by Gasteiger charge is -2.07. The molecule has 0 aliphatic carbocycles. The first-order chi connectivity index (χ1) is 13.6. The maximum absolute atomic E-state index is 12.0. The third-order valence-electron chi connectivity index (χ3n) is 4.20. The maximum Gasteiger partial charge on any atom is 0.270 e. The molecule has 0 saturated carbocycles. The first kappa shape index (κ1) is 19.3. The van der Waals surface area contributed by atoms with Gasteiger partial charge in [0.2, 0.25) is 0 Å². The zero-order valence-corrected chi connectivity index (χ0v) is 16.2. The highest BCUT2D eigenvalue weighted by Gasteiger charge is 2.09. The Labute approximate surface area is 167 Å². The van der Waals surface area contributed by atoms with Gasteiger partial charge in [-0.1, -0.05) is 36.4 Å². The van der Waals surface area contributed by atoms with Crippen LogP contribution in [-0.4, -0.2) is 30.4 Å². The van der Waals surface area contributed by atoms with Gasteiger partial charge in [0, 0.05) is 24.5 Å². The molecule has 1 aromatic heterocycles. The van der Waals surface area contributed by atoms with E-state index in [-0.39, 0.29) is 11.8 Å². The number of nitrogens with one attached hydrogen (secondary N) is 2. The summed E-state index contributed by atoms with van der Waals surface area (Å²) in [6, 6.07) is 15.6. The average molecular weight is 389 g/mol. The Balaban J connectivity index is 1.58. The molecule has 0 spiro atoms. The van der Waals surface area contributed by atoms with Gasteiger partial charge in [-0.05, 0) is 41.2 Å². The summed E-state index contributed by atoms with van der Waals surface area (Å²) >= 11 is 1.28. The van der Waals surface area contributed by atoms with E-state index in [1.165, 1.54) is 11.3 Å².